The molecule has 11 nitrogen and oxygen atoms in total. The second kappa shape index (κ2) is 15.3. The molecule has 13 heteroatoms. The van der Waals surface area contributed by atoms with Gasteiger partial charge in [-0.25, -0.2) is 13.1 Å². The van der Waals surface area contributed by atoms with Crippen LogP contribution in [0, 0.1) is 0 Å². The monoisotopic (exact) mass is 620 g/mol. The summed E-state index contributed by atoms with van der Waals surface area (Å²) in [5, 5.41) is 13.2. The van der Waals surface area contributed by atoms with Gasteiger partial charge >= 0.3 is 5.97 Å². The molecule has 2 aromatic carbocycles. The lowest BCUT2D eigenvalue weighted by atomic mass is 9.87. The molecule has 1 heterocycles. The summed E-state index contributed by atoms with van der Waals surface area (Å²) < 4.78 is 36.9. The molecular weight excluding hydrogens is 580 g/mol. The highest BCUT2D eigenvalue weighted by Gasteiger charge is 2.42. The molecule has 2 aromatic rings. The lowest BCUT2D eigenvalue weighted by Gasteiger charge is -2.37. The molecule has 230 valence electrons. The first-order valence-corrected chi connectivity index (χ1v) is 16.7. The second-order valence-corrected chi connectivity index (χ2v) is 12.7. The number of rotatable bonds is 15. The summed E-state index contributed by atoms with van der Waals surface area (Å²) in [5.41, 5.74) is 0.720. The van der Waals surface area contributed by atoms with Crippen LogP contribution in [-0.2, 0) is 24.4 Å². The quantitative estimate of drug-likeness (QED) is 0.219. The number of sulfonamides is 1. The van der Waals surface area contributed by atoms with Crippen LogP contribution < -0.4 is 25.0 Å². The summed E-state index contributed by atoms with van der Waals surface area (Å²) in [6, 6.07) is 12.9. The summed E-state index contributed by atoms with van der Waals surface area (Å²) >= 11 is 1.36. The van der Waals surface area contributed by atoms with E-state index in [1.54, 1.807) is 6.07 Å². The third-order valence-electron chi connectivity index (χ3n) is 6.96. The van der Waals surface area contributed by atoms with Crippen molar-refractivity contribution in [1.29, 1.82) is 0 Å². The Labute approximate surface area is 251 Å². The van der Waals surface area contributed by atoms with Crippen molar-refractivity contribution in [3.05, 3.63) is 42.5 Å². The fourth-order valence-electron chi connectivity index (χ4n) is 4.85. The number of benzene rings is 2. The standard InChI is InChI=1S/C29H40N4O7S2/c1-4-6-13-29(14-7-5-2)20-33(21-11-9-8-10-12-21)22-15-24(41-3)23(16-25(22)42(38,39)32-29)40-19-27(35)30-17-26(34)31-18-28(36)37/h8-12,15-16,32H,4-7,13-14,17-20H2,1-3H3,(H,30,35)(H,31,34)(H,36,37). The highest BCUT2D eigenvalue weighted by molar-refractivity contribution is 7.98. The first-order chi connectivity index (χ1) is 20.0. The fourth-order valence-corrected chi connectivity index (χ4v) is 7.06. The molecule has 0 spiro atoms. The van der Waals surface area contributed by atoms with Crippen LogP contribution in [-0.4, -0.2) is 69.3 Å². The molecule has 0 saturated carbocycles. The number of unbranched alkanes of at least 4 members (excludes halogenated alkanes) is 2. The zero-order valence-electron chi connectivity index (χ0n) is 24.3. The van der Waals surface area contributed by atoms with E-state index >= 15 is 0 Å². The van der Waals surface area contributed by atoms with E-state index in [2.05, 4.69) is 34.1 Å². The molecule has 2 amide bonds. The predicted molar refractivity (Wildman–Crippen MR) is 163 cm³/mol. The number of nitrogens with zero attached hydrogens (tertiary/aromatic N) is 1. The highest BCUT2D eigenvalue weighted by Crippen LogP contribution is 2.44. The number of carboxylic acid groups (broad SMARTS) is 1. The molecule has 0 aromatic heterocycles. The maximum Gasteiger partial charge on any atom is 0.322 e. The normalized spacial score (nSPS) is 15.3. The van der Waals surface area contributed by atoms with Gasteiger partial charge in [0, 0.05) is 18.3 Å². The number of carboxylic acids is 1. The Morgan fingerprint density at radius 2 is 1.67 bits per heavy atom. The lowest BCUT2D eigenvalue weighted by Crippen LogP contribution is -2.53. The van der Waals surface area contributed by atoms with E-state index in [0.717, 1.165) is 31.4 Å². The number of amides is 2. The van der Waals surface area contributed by atoms with E-state index in [-0.39, 0.29) is 10.6 Å². The molecule has 3 rings (SSSR count). The van der Waals surface area contributed by atoms with E-state index in [1.807, 2.05) is 36.6 Å². The number of thioether (sulfide) groups is 1. The van der Waals surface area contributed by atoms with Crippen molar-refractivity contribution in [2.24, 2.45) is 0 Å². The lowest BCUT2D eigenvalue weighted by molar-refractivity contribution is -0.137. The molecule has 0 radical (unpaired) electrons. The van der Waals surface area contributed by atoms with E-state index in [1.165, 1.54) is 17.8 Å². The van der Waals surface area contributed by atoms with Gasteiger partial charge in [-0.1, -0.05) is 57.7 Å². The zero-order valence-corrected chi connectivity index (χ0v) is 25.9. The van der Waals surface area contributed by atoms with E-state index in [4.69, 9.17) is 9.84 Å². The third kappa shape index (κ3) is 8.85. The molecule has 1 aliphatic heterocycles. The van der Waals surface area contributed by atoms with Crippen molar-refractivity contribution in [3.63, 3.8) is 0 Å². The van der Waals surface area contributed by atoms with Gasteiger partial charge in [0.25, 0.3) is 5.91 Å². The summed E-state index contributed by atoms with van der Waals surface area (Å²) in [6.07, 6.45) is 6.85. The molecule has 0 aliphatic carbocycles. The molecule has 0 saturated heterocycles. The van der Waals surface area contributed by atoms with Gasteiger partial charge in [-0.15, -0.1) is 11.8 Å². The Bertz CT molecular complexity index is 1350. The maximum atomic E-state index is 14.0. The van der Waals surface area contributed by atoms with Gasteiger partial charge in [0.2, 0.25) is 15.9 Å². The number of anilines is 2. The van der Waals surface area contributed by atoms with Crippen molar-refractivity contribution in [2.45, 2.75) is 67.7 Å². The molecule has 0 unspecified atom stereocenters. The maximum absolute atomic E-state index is 14.0. The van der Waals surface area contributed by atoms with Crippen LogP contribution in [0.5, 0.6) is 5.75 Å². The van der Waals surface area contributed by atoms with Crippen LogP contribution >= 0.6 is 11.8 Å². The minimum atomic E-state index is -3.99. The Morgan fingerprint density at radius 3 is 2.26 bits per heavy atom. The Kier molecular flexibility index (Phi) is 12.1. The molecule has 42 heavy (non-hydrogen) atoms. The SMILES string of the molecule is CCCCC1(CCCC)CN(c2ccccc2)c2cc(SC)c(OCC(=O)NCC(=O)NCC(=O)O)cc2S(=O)(=O)N1. The molecule has 4 N–H and O–H groups in total. The summed E-state index contributed by atoms with van der Waals surface area (Å²) in [7, 11) is -3.99. The van der Waals surface area contributed by atoms with Gasteiger partial charge < -0.3 is 25.4 Å². The Balaban J connectivity index is 1.97. The van der Waals surface area contributed by atoms with Crippen LogP contribution in [0.3, 0.4) is 0 Å². The molecule has 1 aliphatic rings. The van der Waals surface area contributed by atoms with Crippen molar-refractivity contribution in [3.8, 4) is 5.75 Å². The van der Waals surface area contributed by atoms with Gasteiger partial charge in [0.05, 0.1) is 22.7 Å². The summed E-state index contributed by atoms with van der Waals surface area (Å²) in [5.74, 6) is -2.25. The van der Waals surface area contributed by atoms with E-state index in [9.17, 15) is 22.8 Å². The average Bonchev–Trinajstić information content (AvgIpc) is 3.07. The molecule has 0 atom stereocenters. The summed E-state index contributed by atoms with van der Waals surface area (Å²) in [6.45, 7) is 3.20. The Hall–Kier alpha value is -3.29. The average molecular weight is 621 g/mol. The van der Waals surface area contributed by atoms with Gasteiger partial charge in [-0.05, 0) is 37.3 Å². The smallest absolute Gasteiger partial charge is 0.322 e. The van der Waals surface area contributed by atoms with Crippen LogP contribution in [0.1, 0.15) is 52.4 Å². The van der Waals surface area contributed by atoms with Crippen LogP contribution in [0.4, 0.5) is 11.4 Å². The molecular formula is C29H40N4O7S2. The highest BCUT2D eigenvalue weighted by atomic mass is 32.2. The van der Waals surface area contributed by atoms with Gasteiger partial charge in [0.1, 0.15) is 17.2 Å². The number of hydrogen-bond acceptors (Lipinski definition) is 8. The number of fused-ring (bicyclic) bond motifs is 1. The first-order valence-electron chi connectivity index (χ1n) is 14.0. The van der Waals surface area contributed by atoms with E-state index < -0.39 is 53.0 Å². The van der Waals surface area contributed by atoms with Crippen LogP contribution in [0.15, 0.2) is 52.3 Å². The first kappa shape index (κ1) is 33.2. The molecule has 0 bridgehead atoms. The number of aliphatic carboxylic acids is 1. The van der Waals surface area contributed by atoms with Crippen LogP contribution in [0.2, 0.25) is 0 Å². The number of para-hydroxylation sites is 1. The number of carbonyl (C=O) groups is 3. The number of ether oxygens (including phenoxy) is 1. The Morgan fingerprint density at radius 1 is 1.02 bits per heavy atom. The van der Waals surface area contributed by atoms with Gasteiger partial charge in [-0.2, -0.15) is 0 Å². The van der Waals surface area contributed by atoms with Crippen molar-refractivity contribution < 1.29 is 32.6 Å². The topological polar surface area (TPSA) is 154 Å². The van der Waals surface area contributed by atoms with Crippen molar-refractivity contribution in [1.82, 2.24) is 15.4 Å². The molecule has 0 fully saturated rings. The number of carbonyl (C=O) groups excluding carboxylic acids is 2. The summed E-state index contributed by atoms with van der Waals surface area (Å²) in [4.78, 5) is 37.4. The van der Waals surface area contributed by atoms with E-state index in [0.29, 0.717) is 30.0 Å². The van der Waals surface area contributed by atoms with Gasteiger partial charge in [0.15, 0.2) is 6.61 Å². The second-order valence-electron chi connectivity index (χ2n) is 10.2. The number of nitrogens with one attached hydrogen (secondary N) is 3. The van der Waals surface area contributed by atoms with Crippen LogP contribution in [0.25, 0.3) is 0 Å². The zero-order chi connectivity index (χ0) is 30.8. The van der Waals surface area contributed by atoms with Crippen molar-refractivity contribution >= 4 is 50.9 Å². The minimum absolute atomic E-state index is 0.0579. The predicted octanol–water partition coefficient (Wildman–Crippen LogP) is 3.65. The largest absolute Gasteiger partial charge is 0.483 e. The number of hydrogen-bond donors (Lipinski definition) is 4. The van der Waals surface area contributed by atoms with Gasteiger partial charge in [-0.3, -0.25) is 14.4 Å². The van der Waals surface area contributed by atoms with Crippen molar-refractivity contribution in [2.75, 3.05) is 37.4 Å². The minimum Gasteiger partial charge on any atom is -0.483 e. The fraction of sp³-hybridized carbons (Fsp3) is 0.483. The third-order valence-corrected chi connectivity index (χ3v) is 9.33.